The number of esters is 2. The summed E-state index contributed by atoms with van der Waals surface area (Å²) in [7, 11) is 2.74. The lowest BCUT2D eigenvalue weighted by Gasteiger charge is -2.33. The second-order valence-corrected chi connectivity index (χ2v) is 6.69. The highest BCUT2D eigenvalue weighted by atomic mass is 16.5. The smallest absolute Gasteiger partial charge is 0.310 e. The second kappa shape index (κ2) is 7.68. The van der Waals surface area contributed by atoms with Crippen LogP contribution >= 0.6 is 0 Å². The third kappa shape index (κ3) is 3.84. The lowest BCUT2D eigenvalue weighted by atomic mass is 9.71. The van der Waals surface area contributed by atoms with Crippen molar-refractivity contribution in [1.82, 2.24) is 0 Å². The standard InChI is InChI=1S/C21H24O4/c1-24-20(22)17-10-6-9-16(19(17)21(23)25-2)18(13-14-11-12-14)15-7-4-3-5-8-15/h3-9,13-14,16-17,19H,10-12H2,1-2H3/b18-13+/t16-,17-,19-/m1/s1. The van der Waals surface area contributed by atoms with Crippen LogP contribution in [0.4, 0.5) is 0 Å². The maximum absolute atomic E-state index is 12.6. The van der Waals surface area contributed by atoms with Gasteiger partial charge in [0, 0.05) is 5.92 Å². The highest BCUT2D eigenvalue weighted by Crippen LogP contribution is 2.43. The van der Waals surface area contributed by atoms with E-state index < -0.39 is 11.8 Å². The van der Waals surface area contributed by atoms with Gasteiger partial charge in [-0.05, 0) is 36.3 Å². The average Bonchev–Trinajstić information content (AvgIpc) is 3.49. The molecule has 1 saturated carbocycles. The van der Waals surface area contributed by atoms with Gasteiger partial charge < -0.3 is 9.47 Å². The molecule has 1 aromatic rings. The first-order chi connectivity index (χ1) is 12.2. The minimum Gasteiger partial charge on any atom is -0.469 e. The molecule has 2 aliphatic carbocycles. The summed E-state index contributed by atoms with van der Waals surface area (Å²) in [6.07, 6.45) is 9.14. The number of carbonyl (C=O) groups excluding carboxylic acids is 2. The van der Waals surface area contributed by atoms with Gasteiger partial charge in [-0.2, -0.15) is 0 Å². The Morgan fingerprint density at radius 3 is 2.32 bits per heavy atom. The molecule has 0 unspecified atom stereocenters. The highest BCUT2D eigenvalue weighted by molar-refractivity contribution is 5.86. The van der Waals surface area contributed by atoms with Gasteiger partial charge in [-0.1, -0.05) is 48.6 Å². The van der Waals surface area contributed by atoms with E-state index in [4.69, 9.17) is 9.47 Å². The maximum atomic E-state index is 12.6. The quantitative estimate of drug-likeness (QED) is 0.607. The zero-order valence-electron chi connectivity index (χ0n) is 14.7. The van der Waals surface area contributed by atoms with E-state index in [1.54, 1.807) is 0 Å². The van der Waals surface area contributed by atoms with Crippen LogP contribution < -0.4 is 0 Å². The van der Waals surface area contributed by atoms with Crippen LogP contribution in [-0.2, 0) is 19.1 Å². The van der Waals surface area contributed by atoms with E-state index in [2.05, 4.69) is 18.2 Å². The molecule has 0 spiro atoms. The zero-order chi connectivity index (χ0) is 17.8. The van der Waals surface area contributed by atoms with Gasteiger partial charge in [0.15, 0.2) is 0 Å². The first-order valence-electron chi connectivity index (χ1n) is 8.75. The molecule has 0 amide bonds. The molecule has 132 valence electrons. The Kier molecular flexibility index (Phi) is 5.37. The number of hydrogen-bond acceptors (Lipinski definition) is 4. The number of benzene rings is 1. The predicted octanol–water partition coefficient (Wildman–Crippen LogP) is 3.63. The summed E-state index contributed by atoms with van der Waals surface area (Å²) in [5, 5.41) is 0. The Morgan fingerprint density at radius 2 is 1.72 bits per heavy atom. The Hall–Kier alpha value is -2.36. The van der Waals surface area contributed by atoms with E-state index in [0.29, 0.717) is 12.3 Å². The van der Waals surface area contributed by atoms with Crippen LogP contribution in [0, 0.1) is 23.7 Å². The fourth-order valence-electron chi connectivity index (χ4n) is 3.57. The Morgan fingerprint density at radius 1 is 1.04 bits per heavy atom. The second-order valence-electron chi connectivity index (χ2n) is 6.69. The summed E-state index contributed by atoms with van der Waals surface area (Å²) in [5.74, 6) is -1.42. The third-order valence-electron chi connectivity index (χ3n) is 5.03. The summed E-state index contributed by atoms with van der Waals surface area (Å²) >= 11 is 0. The highest BCUT2D eigenvalue weighted by Gasteiger charge is 2.43. The molecule has 0 aromatic heterocycles. The summed E-state index contributed by atoms with van der Waals surface area (Å²) in [6.45, 7) is 0. The molecular formula is C21H24O4. The number of methoxy groups -OCH3 is 2. The summed E-state index contributed by atoms with van der Waals surface area (Å²) < 4.78 is 9.99. The van der Waals surface area contributed by atoms with Crippen molar-refractivity contribution in [3.8, 4) is 0 Å². The number of carbonyl (C=O) groups is 2. The predicted molar refractivity (Wildman–Crippen MR) is 95.4 cm³/mol. The van der Waals surface area contributed by atoms with Crippen LogP contribution in [0.3, 0.4) is 0 Å². The first-order valence-corrected chi connectivity index (χ1v) is 8.75. The molecule has 1 fully saturated rings. The van der Waals surface area contributed by atoms with Crippen LogP contribution in [0.15, 0.2) is 48.6 Å². The normalized spacial score (nSPS) is 26.2. The summed E-state index contributed by atoms with van der Waals surface area (Å²) in [4.78, 5) is 24.8. The number of hydrogen-bond donors (Lipinski definition) is 0. The molecule has 1 aromatic carbocycles. The van der Waals surface area contributed by atoms with Crippen molar-refractivity contribution < 1.29 is 19.1 Å². The van der Waals surface area contributed by atoms with E-state index in [9.17, 15) is 9.59 Å². The SMILES string of the molecule is COC(=O)[C@@H]1[C@@H](/C(=C/C2CC2)c2ccccc2)C=CC[C@H]1C(=O)OC. The molecule has 0 bridgehead atoms. The largest absolute Gasteiger partial charge is 0.469 e. The summed E-state index contributed by atoms with van der Waals surface area (Å²) in [6, 6.07) is 10.1. The van der Waals surface area contributed by atoms with Crippen LogP contribution in [0.25, 0.3) is 5.57 Å². The fraction of sp³-hybridized carbons (Fsp3) is 0.429. The molecular weight excluding hydrogens is 316 g/mol. The number of allylic oxidation sites excluding steroid dienone is 4. The number of ether oxygens (including phenoxy) is 2. The van der Waals surface area contributed by atoms with Gasteiger partial charge in [0.2, 0.25) is 0 Å². The minimum absolute atomic E-state index is 0.187. The van der Waals surface area contributed by atoms with Crippen molar-refractivity contribution in [2.45, 2.75) is 19.3 Å². The van der Waals surface area contributed by atoms with Gasteiger partial charge in [-0.25, -0.2) is 0 Å². The maximum Gasteiger partial charge on any atom is 0.310 e. The van der Waals surface area contributed by atoms with E-state index in [0.717, 1.165) is 11.1 Å². The topological polar surface area (TPSA) is 52.6 Å². The van der Waals surface area contributed by atoms with Crippen LogP contribution in [0.1, 0.15) is 24.8 Å². The Bertz CT molecular complexity index is 685. The number of rotatable bonds is 5. The van der Waals surface area contributed by atoms with Gasteiger partial charge in [0.25, 0.3) is 0 Å². The molecule has 4 heteroatoms. The molecule has 2 aliphatic rings. The molecule has 0 N–H and O–H groups in total. The molecule has 0 aliphatic heterocycles. The summed E-state index contributed by atoms with van der Waals surface area (Å²) in [5.41, 5.74) is 2.19. The van der Waals surface area contributed by atoms with Crippen LogP contribution in [0.5, 0.6) is 0 Å². The van der Waals surface area contributed by atoms with E-state index in [1.807, 2.05) is 30.4 Å². The average molecular weight is 340 g/mol. The van der Waals surface area contributed by atoms with Gasteiger partial charge in [0.1, 0.15) is 0 Å². The molecule has 4 nitrogen and oxygen atoms in total. The Balaban J connectivity index is 2.03. The van der Waals surface area contributed by atoms with Crippen LogP contribution in [0.2, 0.25) is 0 Å². The van der Waals surface area contributed by atoms with E-state index in [1.165, 1.54) is 27.1 Å². The molecule has 0 saturated heterocycles. The third-order valence-corrected chi connectivity index (χ3v) is 5.03. The fourth-order valence-corrected chi connectivity index (χ4v) is 3.57. The van der Waals surface area contributed by atoms with Gasteiger partial charge in [0.05, 0.1) is 26.1 Å². The monoisotopic (exact) mass is 340 g/mol. The molecule has 3 rings (SSSR count). The van der Waals surface area contributed by atoms with Gasteiger partial charge >= 0.3 is 11.9 Å². The van der Waals surface area contributed by atoms with Crippen molar-refractivity contribution in [2.75, 3.05) is 14.2 Å². The Labute approximate surface area is 148 Å². The van der Waals surface area contributed by atoms with Crippen molar-refractivity contribution >= 4 is 17.5 Å². The lowest BCUT2D eigenvalue weighted by Crippen LogP contribution is -2.38. The van der Waals surface area contributed by atoms with Gasteiger partial charge in [-0.3, -0.25) is 9.59 Å². The molecule has 0 radical (unpaired) electrons. The van der Waals surface area contributed by atoms with Crippen LogP contribution in [-0.4, -0.2) is 26.2 Å². The van der Waals surface area contributed by atoms with E-state index >= 15 is 0 Å². The van der Waals surface area contributed by atoms with Crippen molar-refractivity contribution in [1.29, 1.82) is 0 Å². The van der Waals surface area contributed by atoms with Crippen molar-refractivity contribution in [3.05, 3.63) is 54.1 Å². The molecule has 25 heavy (non-hydrogen) atoms. The van der Waals surface area contributed by atoms with Gasteiger partial charge in [-0.15, -0.1) is 0 Å². The lowest BCUT2D eigenvalue weighted by molar-refractivity contribution is -0.158. The van der Waals surface area contributed by atoms with Crippen molar-refractivity contribution in [2.24, 2.45) is 23.7 Å². The minimum atomic E-state index is -0.562. The van der Waals surface area contributed by atoms with E-state index in [-0.39, 0.29) is 17.9 Å². The zero-order valence-corrected chi connectivity index (χ0v) is 14.7. The first kappa shape index (κ1) is 17.5. The van der Waals surface area contributed by atoms with Crippen molar-refractivity contribution in [3.63, 3.8) is 0 Å². The molecule has 3 atom stereocenters. The molecule has 0 heterocycles.